The van der Waals surface area contributed by atoms with Crippen LogP contribution in [0.5, 0.6) is 11.5 Å². The highest BCUT2D eigenvalue weighted by atomic mass is 16.6. The van der Waals surface area contributed by atoms with Crippen LogP contribution >= 0.6 is 0 Å². The number of ether oxygens (including phenoxy) is 1. The van der Waals surface area contributed by atoms with E-state index in [1.165, 1.54) is 6.21 Å². The van der Waals surface area contributed by atoms with Crippen LogP contribution in [0.3, 0.4) is 0 Å². The molecule has 0 unspecified atom stereocenters. The number of hydrogen-bond donors (Lipinski definition) is 1. The van der Waals surface area contributed by atoms with Gasteiger partial charge in [0.25, 0.3) is 5.91 Å². The molecule has 0 radical (unpaired) electrons. The van der Waals surface area contributed by atoms with Gasteiger partial charge in [0.05, 0.1) is 6.21 Å². The number of hydrogen-bond acceptors (Lipinski definition) is 6. The Hall–Kier alpha value is -3.61. The molecule has 1 aromatic heterocycles. The van der Waals surface area contributed by atoms with Gasteiger partial charge < -0.3 is 19.4 Å². The number of anilines is 1. The van der Waals surface area contributed by atoms with E-state index in [0.29, 0.717) is 17.3 Å². The molecule has 0 saturated carbocycles. The Morgan fingerprint density at radius 1 is 1.15 bits per heavy atom. The van der Waals surface area contributed by atoms with E-state index in [9.17, 15) is 4.79 Å². The van der Waals surface area contributed by atoms with Gasteiger partial charge in [0.15, 0.2) is 12.4 Å². The molecule has 3 rings (SSSR count). The number of carbonyl (C=O) groups is 1. The van der Waals surface area contributed by atoms with Crippen molar-refractivity contribution in [3.63, 3.8) is 0 Å². The lowest BCUT2D eigenvalue weighted by Crippen LogP contribution is -2.17. The van der Waals surface area contributed by atoms with Crippen LogP contribution in [-0.4, -0.2) is 23.9 Å². The minimum Gasteiger partial charge on any atom is -0.457 e. The van der Waals surface area contributed by atoms with E-state index in [-0.39, 0.29) is 12.5 Å². The van der Waals surface area contributed by atoms with Crippen LogP contribution in [0.25, 0.3) is 0 Å². The fourth-order valence-corrected chi connectivity index (χ4v) is 2.08. The maximum absolute atomic E-state index is 11.7. The first-order chi connectivity index (χ1) is 12.7. The predicted octanol–water partition coefficient (Wildman–Crippen LogP) is 3.76. The van der Waals surface area contributed by atoms with Gasteiger partial charge in [0.1, 0.15) is 17.3 Å². The number of benzene rings is 2. The van der Waals surface area contributed by atoms with E-state index in [4.69, 9.17) is 14.1 Å². The van der Waals surface area contributed by atoms with Gasteiger partial charge in [0.2, 0.25) is 0 Å². The summed E-state index contributed by atoms with van der Waals surface area (Å²) in [6, 6.07) is 18.4. The average Bonchev–Trinajstić information content (AvgIpc) is 3.05. The number of nitrogens with zero attached hydrogens (tertiary/aromatic N) is 2. The highest BCUT2D eigenvalue weighted by molar-refractivity contribution is 5.90. The van der Waals surface area contributed by atoms with Gasteiger partial charge in [-0.1, -0.05) is 40.6 Å². The molecule has 0 bridgehead atoms. The Labute approximate surface area is 150 Å². The van der Waals surface area contributed by atoms with Crippen LogP contribution in [0.15, 0.2) is 70.3 Å². The summed E-state index contributed by atoms with van der Waals surface area (Å²) in [4.78, 5) is 16.7. The molecule has 0 spiro atoms. The quantitative estimate of drug-likeness (QED) is 0.517. The molecule has 26 heavy (non-hydrogen) atoms. The lowest BCUT2D eigenvalue weighted by Gasteiger charge is -2.05. The number of aromatic nitrogens is 1. The van der Waals surface area contributed by atoms with Crippen molar-refractivity contribution in [1.29, 1.82) is 0 Å². The summed E-state index contributed by atoms with van der Waals surface area (Å²) < 4.78 is 10.6. The first kappa shape index (κ1) is 17.2. The minimum absolute atomic E-state index is 0.234. The third kappa shape index (κ3) is 5.20. The molecule has 0 aliphatic heterocycles. The van der Waals surface area contributed by atoms with Crippen molar-refractivity contribution < 1.29 is 18.9 Å². The summed E-state index contributed by atoms with van der Waals surface area (Å²) >= 11 is 0. The second-order valence-corrected chi connectivity index (χ2v) is 5.37. The van der Waals surface area contributed by atoms with Gasteiger partial charge in [-0.05, 0) is 36.8 Å². The number of nitrogens with one attached hydrogen (secondary N) is 1. The fourth-order valence-electron chi connectivity index (χ4n) is 2.08. The largest absolute Gasteiger partial charge is 0.457 e. The molecule has 0 aliphatic rings. The molecule has 0 atom stereocenters. The van der Waals surface area contributed by atoms with Gasteiger partial charge >= 0.3 is 0 Å². The zero-order valence-corrected chi connectivity index (χ0v) is 14.1. The molecular formula is C19H17N3O4. The first-order valence-corrected chi connectivity index (χ1v) is 7.90. The van der Waals surface area contributed by atoms with Crippen molar-refractivity contribution in [2.45, 2.75) is 6.92 Å². The Morgan fingerprint density at radius 3 is 2.73 bits per heavy atom. The third-order valence-corrected chi connectivity index (χ3v) is 3.20. The smallest absolute Gasteiger partial charge is 0.266 e. The lowest BCUT2D eigenvalue weighted by atomic mass is 10.2. The second kappa shape index (κ2) is 8.48. The number of aryl methyl sites for hydroxylation is 1. The maximum atomic E-state index is 11.7. The zero-order valence-electron chi connectivity index (χ0n) is 14.1. The first-order valence-electron chi connectivity index (χ1n) is 7.90. The van der Waals surface area contributed by atoms with Crippen LogP contribution in [0.1, 0.15) is 11.3 Å². The van der Waals surface area contributed by atoms with Gasteiger partial charge in [-0.25, -0.2) is 0 Å². The Bertz CT molecular complexity index is 891. The molecule has 0 fully saturated rings. The van der Waals surface area contributed by atoms with Crippen molar-refractivity contribution in [3.05, 3.63) is 72.0 Å². The molecule has 1 N–H and O–H groups in total. The Kier molecular flexibility index (Phi) is 5.61. The summed E-state index contributed by atoms with van der Waals surface area (Å²) in [7, 11) is 0. The van der Waals surface area contributed by atoms with Crippen molar-refractivity contribution in [1.82, 2.24) is 5.16 Å². The number of oxime groups is 1. The van der Waals surface area contributed by atoms with E-state index >= 15 is 0 Å². The molecule has 2 aromatic carbocycles. The molecule has 7 heteroatoms. The number of carbonyl (C=O) groups excluding carboxylic acids is 1. The maximum Gasteiger partial charge on any atom is 0.266 e. The molecule has 132 valence electrons. The van der Waals surface area contributed by atoms with Gasteiger partial charge in [-0.2, -0.15) is 0 Å². The van der Waals surface area contributed by atoms with Gasteiger partial charge in [-0.15, -0.1) is 0 Å². The standard InChI is InChI=1S/C19H17N3O4/c1-14-10-18(22-26-14)21-19(23)13-24-20-12-15-6-5-9-17(11-15)25-16-7-3-2-4-8-16/h2-12H,13H2,1H3,(H,21,22,23)/b20-12-. The number of amides is 1. The summed E-state index contributed by atoms with van der Waals surface area (Å²) in [5.74, 6) is 2.00. The predicted molar refractivity (Wildman–Crippen MR) is 96.4 cm³/mol. The minimum atomic E-state index is -0.378. The molecule has 1 heterocycles. The topological polar surface area (TPSA) is 86.0 Å². The van der Waals surface area contributed by atoms with Gasteiger partial charge in [-0.3, -0.25) is 4.79 Å². The van der Waals surface area contributed by atoms with E-state index in [1.807, 2.05) is 54.6 Å². The number of para-hydroxylation sites is 1. The molecular weight excluding hydrogens is 334 g/mol. The number of rotatable bonds is 7. The SMILES string of the molecule is Cc1cc(NC(=O)CO/N=C\c2cccc(Oc3ccccc3)c2)no1. The fraction of sp³-hybridized carbons (Fsp3) is 0.105. The monoisotopic (exact) mass is 351 g/mol. The average molecular weight is 351 g/mol. The molecule has 3 aromatic rings. The van der Waals surface area contributed by atoms with Crippen LogP contribution in [0.4, 0.5) is 5.82 Å². The van der Waals surface area contributed by atoms with Crippen LogP contribution < -0.4 is 10.1 Å². The Morgan fingerprint density at radius 2 is 1.96 bits per heavy atom. The van der Waals surface area contributed by atoms with E-state index in [1.54, 1.807) is 13.0 Å². The second-order valence-electron chi connectivity index (χ2n) is 5.37. The van der Waals surface area contributed by atoms with Crippen molar-refractivity contribution in [3.8, 4) is 11.5 Å². The van der Waals surface area contributed by atoms with Crippen LogP contribution in [0, 0.1) is 6.92 Å². The van der Waals surface area contributed by atoms with Crippen molar-refractivity contribution >= 4 is 17.9 Å². The Balaban J connectivity index is 1.49. The summed E-state index contributed by atoms with van der Waals surface area (Å²) in [6.07, 6.45) is 1.51. The molecule has 1 amide bonds. The van der Waals surface area contributed by atoms with Crippen LogP contribution in [-0.2, 0) is 9.63 Å². The van der Waals surface area contributed by atoms with Crippen molar-refractivity contribution in [2.24, 2.45) is 5.16 Å². The highest BCUT2D eigenvalue weighted by Crippen LogP contribution is 2.21. The summed E-state index contributed by atoms with van der Waals surface area (Å²) in [5.41, 5.74) is 0.783. The third-order valence-electron chi connectivity index (χ3n) is 3.20. The van der Waals surface area contributed by atoms with Crippen molar-refractivity contribution in [2.75, 3.05) is 11.9 Å². The molecule has 7 nitrogen and oxygen atoms in total. The van der Waals surface area contributed by atoms with Crippen LogP contribution in [0.2, 0.25) is 0 Å². The van der Waals surface area contributed by atoms with E-state index in [0.717, 1.165) is 11.3 Å². The van der Waals surface area contributed by atoms with E-state index in [2.05, 4.69) is 15.6 Å². The zero-order chi connectivity index (χ0) is 18.2. The highest BCUT2D eigenvalue weighted by Gasteiger charge is 2.06. The summed E-state index contributed by atoms with van der Waals surface area (Å²) in [5, 5.41) is 9.99. The van der Waals surface area contributed by atoms with E-state index < -0.39 is 0 Å². The van der Waals surface area contributed by atoms with Gasteiger partial charge in [0, 0.05) is 6.07 Å². The summed E-state index contributed by atoms with van der Waals surface area (Å²) in [6.45, 7) is 1.50. The molecule has 0 saturated heterocycles. The molecule has 0 aliphatic carbocycles. The lowest BCUT2D eigenvalue weighted by molar-refractivity contribution is -0.120. The normalized spacial score (nSPS) is 10.7.